The number of nitrogens with one attached hydrogen (secondary N) is 1. The first kappa shape index (κ1) is 11.7. The number of carbonyl (C=O) groups is 2. The van der Waals surface area contributed by atoms with E-state index in [1.807, 2.05) is 32.0 Å². The van der Waals surface area contributed by atoms with Crippen molar-refractivity contribution in [2.24, 2.45) is 0 Å². The van der Waals surface area contributed by atoms with Crippen molar-refractivity contribution in [2.75, 3.05) is 0 Å². The van der Waals surface area contributed by atoms with Gasteiger partial charge in [0.05, 0.1) is 0 Å². The van der Waals surface area contributed by atoms with Crippen LogP contribution in [0, 0.1) is 13.8 Å². The lowest BCUT2D eigenvalue weighted by molar-refractivity contribution is 0.111. The molecule has 0 unspecified atom stereocenters. The zero-order chi connectivity index (χ0) is 13.6. The molecule has 0 radical (unpaired) electrons. The Morgan fingerprint density at radius 2 is 1.84 bits per heavy atom. The molecule has 0 aliphatic rings. The summed E-state index contributed by atoms with van der Waals surface area (Å²) in [6.07, 6.45) is 1.72. The Kier molecular flexibility index (Phi) is 2.49. The van der Waals surface area contributed by atoms with Crippen LogP contribution in [-0.4, -0.2) is 17.6 Å². The van der Waals surface area contributed by atoms with Gasteiger partial charge in [0, 0.05) is 32.9 Å². The minimum Gasteiger partial charge on any atom is -0.354 e. The first-order valence-electron chi connectivity index (χ1n) is 6.11. The number of rotatable bonds is 2. The van der Waals surface area contributed by atoms with Crippen LogP contribution >= 0.6 is 0 Å². The molecule has 94 valence electrons. The van der Waals surface area contributed by atoms with Crippen molar-refractivity contribution in [3.63, 3.8) is 0 Å². The van der Waals surface area contributed by atoms with Gasteiger partial charge in [0.2, 0.25) is 0 Å². The number of hydrogen-bond acceptors (Lipinski definition) is 2. The van der Waals surface area contributed by atoms with Crippen LogP contribution in [0.25, 0.3) is 21.8 Å². The molecule has 0 saturated heterocycles. The van der Waals surface area contributed by atoms with Crippen LogP contribution in [0.15, 0.2) is 24.3 Å². The molecule has 1 N–H and O–H groups in total. The molecular formula is C16H13NO2. The molecule has 0 amide bonds. The number of aromatic nitrogens is 1. The van der Waals surface area contributed by atoms with Crippen LogP contribution in [0.5, 0.6) is 0 Å². The number of aromatic amines is 1. The Morgan fingerprint density at radius 1 is 1.05 bits per heavy atom. The van der Waals surface area contributed by atoms with Crippen molar-refractivity contribution >= 4 is 34.4 Å². The van der Waals surface area contributed by atoms with Crippen molar-refractivity contribution in [3.05, 3.63) is 46.5 Å². The number of hydrogen-bond donors (Lipinski definition) is 1. The fourth-order valence-corrected chi connectivity index (χ4v) is 2.65. The van der Waals surface area contributed by atoms with Gasteiger partial charge >= 0.3 is 0 Å². The summed E-state index contributed by atoms with van der Waals surface area (Å²) in [6.45, 7) is 3.91. The topological polar surface area (TPSA) is 49.9 Å². The maximum Gasteiger partial charge on any atom is 0.150 e. The van der Waals surface area contributed by atoms with Crippen molar-refractivity contribution in [1.82, 2.24) is 4.98 Å². The van der Waals surface area contributed by atoms with E-state index in [4.69, 9.17) is 0 Å². The molecule has 0 spiro atoms. The van der Waals surface area contributed by atoms with Crippen molar-refractivity contribution < 1.29 is 9.59 Å². The van der Waals surface area contributed by atoms with Crippen LogP contribution in [0.4, 0.5) is 0 Å². The first-order chi connectivity index (χ1) is 9.15. The summed E-state index contributed by atoms with van der Waals surface area (Å²) in [5.74, 6) is 0. The predicted octanol–water partition coefficient (Wildman–Crippen LogP) is 3.56. The maximum absolute atomic E-state index is 11.1. The van der Waals surface area contributed by atoms with E-state index in [0.29, 0.717) is 11.1 Å². The van der Waals surface area contributed by atoms with Gasteiger partial charge in [-0.1, -0.05) is 0 Å². The van der Waals surface area contributed by atoms with Crippen LogP contribution < -0.4 is 0 Å². The highest BCUT2D eigenvalue weighted by Crippen LogP contribution is 2.32. The average Bonchev–Trinajstić information content (AvgIpc) is 2.81. The zero-order valence-corrected chi connectivity index (χ0v) is 10.8. The summed E-state index contributed by atoms with van der Waals surface area (Å²) < 4.78 is 0. The van der Waals surface area contributed by atoms with E-state index in [-0.39, 0.29) is 0 Å². The zero-order valence-electron chi connectivity index (χ0n) is 10.8. The average molecular weight is 251 g/mol. The monoisotopic (exact) mass is 251 g/mol. The lowest BCUT2D eigenvalue weighted by Crippen LogP contribution is -1.90. The maximum atomic E-state index is 11.1. The minimum atomic E-state index is 0.641. The van der Waals surface area contributed by atoms with Gasteiger partial charge in [0.15, 0.2) is 0 Å². The van der Waals surface area contributed by atoms with E-state index in [1.54, 1.807) is 6.07 Å². The van der Waals surface area contributed by atoms with Gasteiger partial charge in [-0.15, -0.1) is 0 Å². The number of aldehydes is 2. The second kappa shape index (κ2) is 4.05. The summed E-state index contributed by atoms with van der Waals surface area (Å²) in [5.41, 5.74) is 5.33. The van der Waals surface area contributed by atoms with E-state index in [9.17, 15) is 9.59 Å². The van der Waals surface area contributed by atoms with Crippen molar-refractivity contribution in [3.8, 4) is 0 Å². The van der Waals surface area contributed by atoms with E-state index >= 15 is 0 Å². The third-order valence-corrected chi connectivity index (χ3v) is 3.66. The molecule has 0 fully saturated rings. The summed E-state index contributed by atoms with van der Waals surface area (Å²) in [4.78, 5) is 25.4. The normalized spacial score (nSPS) is 11.1. The lowest BCUT2D eigenvalue weighted by Gasteiger charge is -2.04. The summed E-state index contributed by atoms with van der Waals surface area (Å²) in [6, 6.07) is 7.44. The number of H-pyrrole nitrogens is 1. The SMILES string of the molecule is Cc1cc(C=O)c(C)c2c1[nH]c1ccc(C=O)cc12. The number of fused-ring (bicyclic) bond motifs is 3. The van der Waals surface area contributed by atoms with Gasteiger partial charge in [-0.25, -0.2) is 0 Å². The van der Waals surface area contributed by atoms with E-state index in [1.165, 1.54) is 0 Å². The number of carbonyl (C=O) groups excluding carboxylic acids is 2. The highest BCUT2D eigenvalue weighted by molar-refractivity contribution is 6.12. The first-order valence-corrected chi connectivity index (χ1v) is 6.11. The standard InChI is InChI=1S/C16H13NO2/c1-9-5-12(8-19)10(2)15-13-6-11(7-18)3-4-14(13)17-16(9)15/h3-8,17H,1-2H3. The van der Waals surface area contributed by atoms with Crippen LogP contribution in [0.3, 0.4) is 0 Å². The Morgan fingerprint density at radius 3 is 2.53 bits per heavy atom. The predicted molar refractivity (Wildman–Crippen MR) is 76.1 cm³/mol. The summed E-state index contributed by atoms with van der Waals surface area (Å²) in [7, 11) is 0. The largest absolute Gasteiger partial charge is 0.354 e. The third kappa shape index (κ3) is 1.58. The molecule has 0 aliphatic heterocycles. The quantitative estimate of drug-likeness (QED) is 0.708. The third-order valence-electron chi connectivity index (χ3n) is 3.66. The molecule has 0 aliphatic carbocycles. The van der Waals surface area contributed by atoms with Crippen molar-refractivity contribution in [2.45, 2.75) is 13.8 Å². The molecule has 3 rings (SSSR count). The summed E-state index contributed by atoms with van der Waals surface area (Å²) >= 11 is 0. The molecule has 2 aromatic carbocycles. The Labute approximate surface area is 110 Å². The van der Waals surface area contributed by atoms with Gasteiger partial charge in [0.25, 0.3) is 0 Å². The smallest absolute Gasteiger partial charge is 0.150 e. The highest BCUT2D eigenvalue weighted by atomic mass is 16.1. The summed E-state index contributed by atoms with van der Waals surface area (Å²) in [5, 5.41) is 2.02. The van der Waals surface area contributed by atoms with Gasteiger partial charge in [-0.05, 0) is 49.2 Å². The van der Waals surface area contributed by atoms with Crippen LogP contribution in [0.1, 0.15) is 31.8 Å². The minimum absolute atomic E-state index is 0.641. The van der Waals surface area contributed by atoms with Gasteiger partial charge in [0.1, 0.15) is 12.6 Å². The second-order valence-electron chi connectivity index (χ2n) is 4.82. The molecule has 3 heteroatoms. The highest BCUT2D eigenvalue weighted by Gasteiger charge is 2.12. The molecule has 3 aromatic rings. The fraction of sp³-hybridized carbons (Fsp3) is 0.125. The van der Waals surface area contributed by atoms with Gasteiger partial charge < -0.3 is 4.98 Å². The molecule has 0 atom stereocenters. The van der Waals surface area contributed by atoms with E-state index in [2.05, 4.69) is 4.98 Å². The molecule has 1 aromatic heterocycles. The van der Waals surface area contributed by atoms with Crippen molar-refractivity contribution in [1.29, 1.82) is 0 Å². The Balaban J connectivity index is 2.57. The molecule has 3 nitrogen and oxygen atoms in total. The fourth-order valence-electron chi connectivity index (χ4n) is 2.65. The molecular weight excluding hydrogens is 238 g/mol. The van der Waals surface area contributed by atoms with Crippen LogP contribution in [0.2, 0.25) is 0 Å². The lowest BCUT2D eigenvalue weighted by atomic mass is 9.99. The van der Waals surface area contributed by atoms with E-state index < -0.39 is 0 Å². The Bertz CT molecular complexity index is 828. The van der Waals surface area contributed by atoms with E-state index in [0.717, 1.165) is 45.5 Å². The van der Waals surface area contributed by atoms with Crippen LogP contribution in [-0.2, 0) is 0 Å². The molecule has 0 bridgehead atoms. The molecule has 1 heterocycles. The second-order valence-corrected chi connectivity index (χ2v) is 4.82. The number of aryl methyl sites for hydroxylation is 2. The van der Waals surface area contributed by atoms with Gasteiger partial charge in [-0.3, -0.25) is 9.59 Å². The number of benzene rings is 2. The molecule has 19 heavy (non-hydrogen) atoms. The molecule has 0 saturated carbocycles. The van der Waals surface area contributed by atoms with Gasteiger partial charge in [-0.2, -0.15) is 0 Å². The Hall–Kier alpha value is -2.42.